The van der Waals surface area contributed by atoms with Gasteiger partial charge in [-0.2, -0.15) is 0 Å². The second-order valence-corrected chi connectivity index (χ2v) is 2.05. The Kier molecular flexibility index (Phi) is 3.08. The van der Waals surface area contributed by atoms with E-state index in [0.29, 0.717) is 5.46 Å². The molecule has 0 saturated carbocycles. The van der Waals surface area contributed by atoms with Crippen molar-refractivity contribution in [2.24, 2.45) is 5.16 Å². The first kappa shape index (κ1) is 8.52. The summed E-state index contributed by atoms with van der Waals surface area (Å²) in [5.41, 5.74) is 0.538. The van der Waals surface area contributed by atoms with E-state index in [1.54, 1.807) is 30.3 Å². The molecule has 4 nitrogen and oxygen atoms in total. The zero-order chi connectivity index (χ0) is 8.81. The van der Waals surface area contributed by atoms with E-state index < -0.39 is 7.12 Å². The van der Waals surface area contributed by atoms with Crippen molar-refractivity contribution in [1.82, 2.24) is 0 Å². The van der Waals surface area contributed by atoms with E-state index in [0.717, 1.165) is 6.08 Å². The van der Waals surface area contributed by atoms with E-state index in [1.165, 1.54) is 0 Å². The molecule has 0 aliphatic carbocycles. The smallest absolute Gasteiger partial charge is 0.418 e. The Hall–Kier alpha value is -1.58. The second kappa shape index (κ2) is 4.33. The van der Waals surface area contributed by atoms with Crippen LogP contribution in [0.4, 0.5) is 0 Å². The van der Waals surface area contributed by atoms with Crippen LogP contribution in [0.25, 0.3) is 0 Å². The van der Waals surface area contributed by atoms with Crippen molar-refractivity contribution < 1.29 is 14.6 Å². The van der Waals surface area contributed by atoms with Crippen molar-refractivity contribution in [3.8, 4) is 0 Å². The SMILES string of the molecule is O=C=NOB(O)c1ccccc1. The largest absolute Gasteiger partial charge is 0.584 e. The molecule has 0 spiro atoms. The summed E-state index contributed by atoms with van der Waals surface area (Å²) in [6.45, 7) is 0. The molecule has 0 heterocycles. The van der Waals surface area contributed by atoms with Crippen LogP contribution in [-0.4, -0.2) is 18.2 Å². The van der Waals surface area contributed by atoms with Gasteiger partial charge in [0.25, 0.3) is 6.08 Å². The molecule has 1 aromatic carbocycles. The van der Waals surface area contributed by atoms with Gasteiger partial charge in [0.05, 0.1) is 0 Å². The number of hydrogen-bond donors (Lipinski definition) is 1. The molecule has 0 radical (unpaired) electrons. The number of carbonyl (C=O) groups excluding carboxylic acids is 1. The Morgan fingerprint density at radius 1 is 1.42 bits per heavy atom. The maximum absolute atomic E-state index is 9.61. The van der Waals surface area contributed by atoms with Gasteiger partial charge in [-0.1, -0.05) is 30.3 Å². The predicted molar refractivity (Wildman–Crippen MR) is 43.3 cm³/mol. The average molecular weight is 163 g/mol. The summed E-state index contributed by atoms with van der Waals surface area (Å²) < 4.78 is 4.33. The van der Waals surface area contributed by atoms with Gasteiger partial charge in [0.15, 0.2) is 0 Å². The first-order chi connectivity index (χ1) is 5.84. The molecule has 0 aromatic heterocycles. The Bertz CT molecular complexity index is 284. The molecule has 0 saturated heterocycles. The molecule has 1 rings (SSSR count). The van der Waals surface area contributed by atoms with Crippen LogP contribution >= 0.6 is 0 Å². The summed E-state index contributed by atoms with van der Waals surface area (Å²) in [6.07, 6.45) is 1.16. The first-order valence-electron chi connectivity index (χ1n) is 3.30. The fraction of sp³-hybridized carbons (Fsp3) is 0. The second-order valence-electron chi connectivity index (χ2n) is 2.05. The van der Waals surface area contributed by atoms with Gasteiger partial charge in [0, 0.05) is 0 Å². The lowest BCUT2D eigenvalue weighted by Crippen LogP contribution is -2.31. The van der Waals surface area contributed by atoms with Crippen molar-refractivity contribution >= 4 is 18.7 Å². The van der Waals surface area contributed by atoms with Crippen molar-refractivity contribution in [1.29, 1.82) is 0 Å². The van der Waals surface area contributed by atoms with Gasteiger partial charge in [-0.15, -0.1) is 0 Å². The lowest BCUT2D eigenvalue weighted by molar-refractivity contribution is 0.284. The van der Waals surface area contributed by atoms with Gasteiger partial charge in [-0.3, -0.25) is 0 Å². The quantitative estimate of drug-likeness (QED) is 0.286. The van der Waals surface area contributed by atoms with Crippen LogP contribution in [-0.2, 0) is 9.55 Å². The van der Waals surface area contributed by atoms with Gasteiger partial charge >= 0.3 is 7.12 Å². The van der Waals surface area contributed by atoms with Crippen molar-refractivity contribution in [2.75, 3.05) is 0 Å². The summed E-state index contributed by atoms with van der Waals surface area (Å²) in [6, 6.07) is 8.61. The summed E-state index contributed by atoms with van der Waals surface area (Å²) in [5.74, 6) is 0. The summed E-state index contributed by atoms with van der Waals surface area (Å²) in [7, 11) is -1.20. The maximum Gasteiger partial charge on any atom is 0.584 e. The normalized spacial score (nSPS) is 8.42. The lowest BCUT2D eigenvalue weighted by Gasteiger charge is -2.00. The van der Waals surface area contributed by atoms with Gasteiger partial charge in [0.1, 0.15) is 0 Å². The zero-order valence-corrected chi connectivity index (χ0v) is 6.18. The van der Waals surface area contributed by atoms with Crippen LogP contribution in [0.3, 0.4) is 0 Å². The van der Waals surface area contributed by atoms with Crippen LogP contribution in [0.2, 0.25) is 0 Å². The maximum atomic E-state index is 9.61. The van der Waals surface area contributed by atoms with E-state index in [2.05, 4.69) is 9.91 Å². The van der Waals surface area contributed by atoms with Crippen LogP contribution in [0.1, 0.15) is 0 Å². The minimum Gasteiger partial charge on any atom is -0.418 e. The third kappa shape index (κ3) is 2.23. The standard InChI is InChI=1S/C7H6BNO3/c10-6-9-12-8(11)7-4-2-1-3-5-7/h1-5,11H. The number of benzene rings is 1. The van der Waals surface area contributed by atoms with Crippen LogP contribution < -0.4 is 5.46 Å². The van der Waals surface area contributed by atoms with E-state index in [1.807, 2.05) is 0 Å². The summed E-state index contributed by atoms with van der Waals surface area (Å²) in [4.78, 5) is 9.61. The van der Waals surface area contributed by atoms with Gasteiger partial charge in [-0.05, 0) is 10.6 Å². The Morgan fingerprint density at radius 2 is 2.08 bits per heavy atom. The molecule has 12 heavy (non-hydrogen) atoms. The molecular weight excluding hydrogens is 157 g/mol. The van der Waals surface area contributed by atoms with Gasteiger partial charge < -0.3 is 9.78 Å². The first-order valence-corrected chi connectivity index (χ1v) is 3.30. The molecule has 0 unspecified atom stereocenters. The number of isocyanates is 1. The van der Waals surface area contributed by atoms with E-state index in [9.17, 15) is 4.79 Å². The van der Waals surface area contributed by atoms with Crippen LogP contribution in [0.15, 0.2) is 35.5 Å². The fourth-order valence-corrected chi connectivity index (χ4v) is 0.750. The molecule has 60 valence electrons. The molecule has 1 aromatic rings. The number of hydrogen-bond acceptors (Lipinski definition) is 4. The Morgan fingerprint density at radius 3 is 2.67 bits per heavy atom. The molecule has 0 aliphatic heterocycles. The highest BCUT2D eigenvalue weighted by molar-refractivity contribution is 6.59. The third-order valence-corrected chi connectivity index (χ3v) is 1.27. The highest BCUT2D eigenvalue weighted by atomic mass is 16.6. The molecule has 0 amide bonds. The number of nitrogens with zero attached hydrogens (tertiary/aromatic N) is 1. The zero-order valence-electron chi connectivity index (χ0n) is 6.18. The highest BCUT2D eigenvalue weighted by Gasteiger charge is 2.17. The van der Waals surface area contributed by atoms with Crippen molar-refractivity contribution in [3.63, 3.8) is 0 Å². The molecule has 0 bridgehead atoms. The monoisotopic (exact) mass is 163 g/mol. The third-order valence-electron chi connectivity index (χ3n) is 1.27. The average Bonchev–Trinajstić information content (AvgIpc) is 2.15. The molecular formula is C7H6BNO3. The molecule has 0 aliphatic rings. The molecule has 5 heteroatoms. The Labute approximate surface area is 69.6 Å². The van der Waals surface area contributed by atoms with E-state index in [-0.39, 0.29) is 0 Å². The van der Waals surface area contributed by atoms with E-state index >= 15 is 0 Å². The molecule has 0 atom stereocenters. The topological polar surface area (TPSA) is 58.9 Å². The predicted octanol–water partition coefficient (Wildman–Crippen LogP) is -0.359. The van der Waals surface area contributed by atoms with E-state index in [4.69, 9.17) is 5.02 Å². The lowest BCUT2D eigenvalue weighted by atomic mass is 9.80. The Balaban J connectivity index is 2.65. The fourth-order valence-electron chi connectivity index (χ4n) is 0.750. The number of rotatable bonds is 3. The summed E-state index contributed by atoms with van der Waals surface area (Å²) in [5, 5.41) is 11.9. The molecule has 1 N–H and O–H groups in total. The summed E-state index contributed by atoms with van der Waals surface area (Å²) >= 11 is 0. The minimum atomic E-state index is -1.20. The van der Waals surface area contributed by atoms with Crippen molar-refractivity contribution in [2.45, 2.75) is 0 Å². The minimum absolute atomic E-state index is 0.538. The van der Waals surface area contributed by atoms with Crippen LogP contribution in [0.5, 0.6) is 0 Å². The van der Waals surface area contributed by atoms with Gasteiger partial charge in [-0.25, -0.2) is 4.79 Å². The van der Waals surface area contributed by atoms with Crippen molar-refractivity contribution in [3.05, 3.63) is 30.3 Å². The van der Waals surface area contributed by atoms with Crippen LogP contribution in [0, 0.1) is 0 Å². The highest BCUT2D eigenvalue weighted by Crippen LogP contribution is 1.87. The molecule has 0 fully saturated rings. The van der Waals surface area contributed by atoms with Gasteiger partial charge in [0.2, 0.25) is 0 Å².